The van der Waals surface area contributed by atoms with Gasteiger partial charge in [-0.15, -0.1) is 0 Å². The van der Waals surface area contributed by atoms with Crippen LogP contribution < -0.4 is 98.2 Å². The Bertz CT molecular complexity index is 2630. The van der Waals surface area contributed by atoms with Crippen LogP contribution in [0.15, 0.2) is 48.5 Å². The standard InChI is InChI=1S/C29H42NO8P.C21H26NO8P.2Na/c1-18(31)30-23-14-12-20-16-24(33-8)26(34-9)27(35-10)25(20)21-13-11-19(15-22(21)23)17-36-39(32,37-28(2,3)4)38-29(5,6)7;1-12(23)22-17-8-6-14-10-18(27-2)20(28-3)21(29-4)19(14)15-7-5-13(9-16(15)17)11-30-31(24,25)26;;/h11,13,15-16,23H,12,14,17H2,1-10H3,(H,30,31);5,7,9-10,17H,6,8,11H2,1-4H3,(H,22,23)(H2,24,25,26);;/q;;2*+1/t23-;17-;;/m00../s1. The van der Waals surface area contributed by atoms with Crippen molar-refractivity contribution in [1.82, 2.24) is 10.6 Å². The molecule has 384 valence electrons. The van der Waals surface area contributed by atoms with Gasteiger partial charge in [-0.2, -0.15) is 0 Å². The summed E-state index contributed by atoms with van der Waals surface area (Å²) >= 11 is 0. The summed E-state index contributed by atoms with van der Waals surface area (Å²) in [5, 5.41) is 6.05. The van der Waals surface area contributed by atoms with Crippen LogP contribution in [-0.4, -0.2) is 75.5 Å². The molecule has 4 aromatic carbocycles. The molecule has 18 nitrogen and oxygen atoms in total. The first-order valence-electron chi connectivity index (χ1n) is 22.6. The van der Waals surface area contributed by atoms with Crippen molar-refractivity contribution in [3.63, 3.8) is 0 Å². The van der Waals surface area contributed by atoms with Gasteiger partial charge in [0.2, 0.25) is 23.3 Å². The molecule has 0 radical (unpaired) electrons. The summed E-state index contributed by atoms with van der Waals surface area (Å²) < 4.78 is 80.5. The maximum Gasteiger partial charge on any atom is 1.00 e. The minimum Gasteiger partial charge on any atom is -0.493 e. The molecule has 0 aromatic heterocycles. The number of nitrogens with one attached hydrogen (secondary N) is 2. The number of benzene rings is 4. The van der Waals surface area contributed by atoms with Gasteiger partial charge in [0, 0.05) is 25.0 Å². The molecule has 0 spiro atoms. The Morgan fingerprint density at radius 1 is 0.569 bits per heavy atom. The van der Waals surface area contributed by atoms with E-state index < -0.39 is 26.8 Å². The summed E-state index contributed by atoms with van der Waals surface area (Å²) in [5.41, 5.74) is 6.93. The van der Waals surface area contributed by atoms with Gasteiger partial charge in [0.05, 0.1) is 79.2 Å². The Morgan fingerprint density at radius 2 is 0.931 bits per heavy atom. The SMILES string of the molecule is COc1cc2c(c(OC)c1OC)-c1ccc(COP(=O)(O)O)cc1[C@@H](NC(C)=O)CC2.COc1cc2c(c(OC)c1OC)-c1ccc(COP(=O)(OC(C)(C)C)OC(C)(C)C)cc1[C@@H](NC(C)=O)CC2.[Na+].[Na+]. The quantitative estimate of drug-likeness (QED) is 0.0923. The van der Waals surface area contributed by atoms with E-state index in [9.17, 15) is 18.7 Å². The molecular weight excluding hydrogens is 992 g/mol. The maximum absolute atomic E-state index is 13.6. The van der Waals surface area contributed by atoms with Gasteiger partial charge >= 0.3 is 74.8 Å². The van der Waals surface area contributed by atoms with Crippen molar-refractivity contribution in [1.29, 1.82) is 0 Å². The molecule has 72 heavy (non-hydrogen) atoms. The van der Waals surface area contributed by atoms with Crippen molar-refractivity contribution in [3.05, 3.63) is 81.9 Å². The van der Waals surface area contributed by atoms with Gasteiger partial charge in [-0.3, -0.25) is 27.7 Å². The van der Waals surface area contributed by atoms with Crippen LogP contribution in [-0.2, 0) is 62.9 Å². The second-order valence-corrected chi connectivity index (χ2v) is 21.4. The maximum atomic E-state index is 13.6. The predicted octanol–water partition coefficient (Wildman–Crippen LogP) is 3.88. The minimum atomic E-state index is -4.61. The molecule has 2 atom stereocenters. The van der Waals surface area contributed by atoms with Gasteiger partial charge < -0.3 is 48.8 Å². The van der Waals surface area contributed by atoms with E-state index in [-0.39, 0.29) is 96.2 Å². The summed E-state index contributed by atoms with van der Waals surface area (Å²) in [6.45, 7) is 13.4. The Labute approximate surface area is 467 Å². The van der Waals surface area contributed by atoms with Crippen LogP contribution in [0.5, 0.6) is 34.5 Å². The molecule has 4 N–H and O–H groups in total. The van der Waals surface area contributed by atoms with Crippen LogP contribution in [0.1, 0.15) is 114 Å². The minimum absolute atomic E-state index is 0. The summed E-state index contributed by atoms with van der Waals surface area (Å²) in [6, 6.07) is 14.4. The topological polar surface area (TPSA) is 225 Å². The number of carbonyl (C=O) groups excluding carboxylic acids is 2. The smallest absolute Gasteiger partial charge is 0.493 e. The van der Waals surface area contributed by atoms with Crippen molar-refractivity contribution in [2.24, 2.45) is 0 Å². The van der Waals surface area contributed by atoms with Crippen molar-refractivity contribution < 1.29 is 134 Å². The number of hydrogen-bond donors (Lipinski definition) is 4. The van der Waals surface area contributed by atoms with E-state index in [2.05, 4.69) is 15.2 Å². The molecule has 0 unspecified atom stereocenters. The summed E-state index contributed by atoms with van der Waals surface area (Å²) in [7, 11) is 0.879. The molecule has 0 heterocycles. The predicted molar refractivity (Wildman–Crippen MR) is 264 cm³/mol. The fraction of sp³-hybridized carbons (Fsp3) is 0.480. The third-order valence-electron chi connectivity index (χ3n) is 11.1. The summed E-state index contributed by atoms with van der Waals surface area (Å²) in [5.74, 6) is 2.83. The van der Waals surface area contributed by atoms with E-state index in [1.165, 1.54) is 21.0 Å². The molecule has 0 aliphatic heterocycles. The molecule has 22 heteroatoms. The average molecular weight is 1060 g/mol. The zero-order valence-corrected chi connectivity index (χ0v) is 50.3. The van der Waals surface area contributed by atoms with Crippen molar-refractivity contribution in [2.75, 3.05) is 42.7 Å². The third-order valence-corrected chi connectivity index (χ3v) is 13.5. The van der Waals surface area contributed by atoms with Gasteiger partial charge in [0.15, 0.2) is 23.0 Å². The number of hydrogen-bond acceptors (Lipinski definition) is 14. The molecule has 0 fully saturated rings. The average Bonchev–Trinajstić information content (AvgIpc) is 3.51. The second-order valence-electron chi connectivity index (χ2n) is 18.7. The van der Waals surface area contributed by atoms with E-state index in [1.54, 1.807) is 89.2 Å². The first kappa shape index (κ1) is 63.1. The molecule has 4 aromatic rings. The normalized spacial score (nSPS) is 15.1. The second kappa shape index (κ2) is 26.6. The van der Waals surface area contributed by atoms with Crippen LogP contribution in [0.2, 0.25) is 0 Å². The van der Waals surface area contributed by atoms with Crippen LogP contribution in [0.4, 0.5) is 0 Å². The molecule has 0 saturated carbocycles. The monoisotopic (exact) mass is 1060 g/mol. The number of rotatable bonds is 16. The fourth-order valence-corrected chi connectivity index (χ4v) is 10.7. The van der Waals surface area contributed by atoms with Crippen molar-refractivity contribution in [2.45, 2.75) is 118 Å². The summed E-state index contributed by atoms with van der Waals surface area (Å²) in [6.07, 6.45) is 2.58. The van der Waals surface area contributed by atoms with Crippen LogP contribution in [0.3, 0.4) is 0 Å². The molecule has 6 rings (SSSR count). The number of fused-ring (bicyclic) bond motifs is 6. The van der Waals surface area contributed by atoms with Crippen LogP contribution >= 0.6 is 15.6 Å². The number of amides is 2. The number of aryl methyl sites for hydroxylation is 2. The number of phosphoric ester groups is 2. The van der Waals surface area contributed by atoms with Gasteiger partial charge in [0.1, 0.15) is 0 Å². The van der Waals surface area contributed by atoms with Crippen molar-refractivity contribution >= 4 is 27.5 Å². The molecule has 2 aliphatic carbocycles. The largest absolute Gasteiger partial charge is 1.00 e. The van der Waals surface area contributed by atoms with Crippen LogP contribution in [0, 0.1) is 0 Å². The van der Waals surface area contributed by atoms with E-state index in [1.807, 2.05) is 36.4 Å². The first-order chi connectivity index (χ1) is 32.8. The van der Waals surface area contributed by atoms with Gasteiger partial charge in [-0.1, -0.05) is 36.4 Å². The molecule has 0 bridgehead atoms. The Balaban J connectivity index is 0.000000379. The third kappa shape index (κ3) is 16.4. The number of methoxy groups -OCH3 is 6. The molecule has 2 amide bonds. The fourth-order valence-electron chi connectivity index (χ4n) is 8.59. The van der Waals surface area contributed by atoms with E-state index in [0.717, 1.165) is 50.1 Å². The number of ether oxygens (including phenoxy) is 6. The Kier molecular flexibility index (Phi) is 23.3. The Morgan fingerprint density at radius 3 is 1.24 bits per heavy atom. The van der Waals surface area contributed by atoms with Crippen molar-refractivity contribution in [3.8, 4) is 56.8 Å². The molecule has 0 saturated heterocycles. The summed E-state index contributed by atoms with van der Waals surface area (Å²) in [4.78, 5) is 42.1. The zero-order valence-electron chi connectivity index (χ0n) is 44.5. The Hall–Kier alpha value is -3.16. The zero-order chi connectivity index (χ0) is 51.9. The first-order valence-corrected chi connectivity index (χ1v) is 25.6. The van der Waals surface area contributed by atoms with E-state index in [0.29, 0.717) is 65.7 Å². The van der Waals surface area contributed by atoms with Gasteiger partial charge in [-0.05, 0) is 124 Å². The molecule has 2 aliphatic rings. The molecular formula is C50H68N2Na2O16P2+2. The number of phosphoric acid groups is 2. The number of carbonyl (C=O) groups is 2. The van der Waals surface area contributed by atoms with Gasteiger partial charge in [-0.25, -0.2) is 9.13 Å². The van der Waals surface area contributed by atoms with E-state index >= 15 is 0 Å². The van der Waals surface area contributed by atoms with E-state index in [4.69, 9.17) is 51.8 Å². The van der Waals surface area contributed by atoms with Gasteiger partial charge in [0.25, 0.3) is 0 Å². The van der Waals surface area contributed by atoms with Crippen LogP contribution in [0.25, 0.3) is 22.3 Å².